The third-order valence-electron chi connectivity index (χ3n) is 2.10. The monoisotopic (exact) mass is 236 g/mol. The number of carbonyl (C=O) groups is 1. The number of nitrogens with zero attached hydrogens (tertiary/aromatic N) is 3. The Morgan fingerprint density at radius 1 is 1.33 bits per heavy atom. The smallest absolute Gasteiger partial charge is 0.309 e. The predicted octanol–water partition coefficient (Wildman–Crippen LogP) is -1.49. The maximum absolute atomic E-state index is 11.0. The van der Waals surface area contributed by atoms with Crippen molar-refractivity contribution in [2.24, 2.45) is 0 Å². The van der Waals surface area contributed by atoms with Crippen molar-refractivity contribution < 1.29 is 18.9 Å². The maximum atomic E-state index is 11.0. The van der Waals surface area contributed by atoms with E-state index in [0.717, 1.165) is 4.90 Å². The van der Waals surface area contributed by atoms with Crippen LogP contribution in [0.3, 0.4) is 0 Å². The molecule has 1 aliphatic rings. The van der Waals surface area contributed by atoms with Gasteiger partial charge in [0.1, 0.15) is 9.85 Å². The van der Waals surface area contributed by atoms with Gasteiger partial charge in [-0.1, -0.05) is 0 Å². The van der Waals surface area contributed by atoms with E-state index in [4.69, 9.17) is 0 Å². The van der Waals surface area contributed by atoms with E-state index in [1.165, 1.54) is 0 Å². The van der Waals surface area contributed by atoms with Gasteiger partial charge in [-0.25, -0.2) is 0 Å². The fourth-order valence-electron chi connectivity index (χ4n) is 1.18. The van der Waals surface area contributed by atoms with Crippen LogP contribution in [-0.2, 0) is 20.7 Å². The van der Waals surface area contributed by atoms with Crippen LogP contribution in [0, 0.1) is 20.2 Å². The van der Waals surface area contributed by atoms with Crippen LogP contribution in [0.1, 0.15) is 0 Å². The van der Waals surface area contributed by atoms with Crippen molar-refractivity contribution in [3.05, 3.63) is 20.2 Å². The van der Waals surface area contributed by atoms with Crippen LogP contribution in [0.4, 0.5) is 0 Å². The van der Waals surface area contributed by atoms with Gasteiger partial charge in [0, 0.05) is 4.21 Å². The molecule has 0 bridgehead atoms. The van der Waals surface area contributed by atoms with Gasteiger partial charge in [-0.05, 0) is 0 Å². The van der Waals surface area contributed by atoms with Gasteiger partial charge < -0.3 is 4.90 Å². The first-order chi connectivity index (χ1) is 6.94. The second-order valence-corrected chi connectivity index (χ2v) is 3.53. The molecule has 0 saturated carbocycles. The van der Waals surface area contributed by atoms with Gasteiger partial charge in [-0.15, -0.1) is 0 Å². The van der Waals surface area contributed by atoms with E-state index < -0.39 is 34.5 Å². The average molecular weight is 236 g/mol. The highest BCUT2D eigenvalue weighted by Crippen LogP contribution is 2.24. The Balaban J connectivity index is 2.66. The first-order valence-electron chi connectivity index (χ1n) is 3.75. The van der Waals surface area contributed by atoms with E-state index in [-0.39, 0.29) is 17.4 Å². The van der Waals surface area contributed by atoms with Crippen molar-refractivity contribution in [3.63, 3.8) is 0 Å². The van der Waals surface area contributed by atoms with Gasteiger partial charge >= 0.3 is 23.1 Å². The summed E-state index contributed by atoms with van der Waals surface area (Å²) in [5.74, 6) is -0.986. The van der Waals surface area contributed by atoms with E-state index in [1.54, 1.807) is 0 Å². The molecule has 0 N–H and O–H groups in total. The number of hydrogen-bond acceptors (Lipinski definition) is 6. The molecule has 1 aliphatic heterocycles. The van der Waals surface area contributed by atoms with Crippen LogP contribution in [-0.4, -0.2) is 45.2 Å². The standard InChI is InChI=1S/C5H6N3O6S/c9-4(1-15-14)6-2-5(3-6,7(10)11)8(12)13/h1-3H2/q+1. The molecule has 0 aromatic heterocycles. The van der Waals surface area contributed by atoms with E-state index in [9.17, 15) is 29.2 Å². The number of hydrogen-bond donors (Lipinski definition) is 0. The zero-order valence-electron chi connectivity index (χ0n) is 7.32. The van der Waals surface area contributed by atoms with Crippen LogP contribution in [0.15, 0.2) is 0 Å². The van der Waals surface area contributed by atoms with E-state index in [2.05, 4.69) is 0 Å². The quantitative estimate of drug-likeness (QED) is 0.253. The molecule has 9 nitrogen and oxygen atoms in total. The Bertz CT molecular complexity index is 322. The Hall–Kier alpha value is -1.71. The van der Waals surface area contributed by atoms with Gasteiger partial charge in [-0.3, -0.25) is 25.0 Å². The topological polar surface area (TPSA) is 124 Å². The molecule has 0 aliphatic carbocycles. The van der Waals surface area contributed by atoms with Crippen LogP contribution in [0.2, 0.25) is 0 Å². The van der Waals surface area contributed by atoms with Crippen LogP contribution >= 0.6 is 0 Å². The largest absolute Gasteiger partial charge is 0.492 e. The lowest BCUT2D eigenvalue weighted by molar-refractivity contribution is -0.809. The third-order valence-corrected chi connectivity index (χ3v) is 2.47. The SMILES string of the molecule is O=[S+]CC(=O)N1CC([N+](=O)[O-])([N+](=O)[O-])C1. The minimum absolute atomic E-state index is 0.0233. The van der Waals surface area contributed by atoms with Crippen LogP contribution in [0.5, 0.6) is 0 Å². The van der Waals surface area contributed by atoms with Gasteiger partial charge in [0.2, 0.25) is 0 Å². The molecule has 15 heavy (non-hydrogen) atoms. The lowest BCUT2D eigenvalue weighted by atomic mass is 10.0. The van der Waals surface area contributed by atoms with Crippen LogP contribution < -0.4 is 0 Å². The molecule has 0 unspecified atom stereocenters. The number of carbonyl (C=O) groups excluding carboxylic acids is 1. The summed E-state index contributed by atoms with van der Waals surface area (Å²) < 4.78 is 10.0. The predicted molar refractivity (Wildman–Crippen MR) is 46.2 cm³/mol. The summed E-state index contributed by atoms with van der Waals surface area (Å²) in [6, 6.07) is 0. The third kappa shape index (κ3) is 1.75. The number of amides is 1. The summed E-state index contributed by atoms with van der Waals surface area (Å²) in [4.78, 5) is 30.8. The van der Waals surface area contributed by atoms with Crippen molar-refractivity contribution in [2.75, 3.05) is 18.8 Å². The first-order valence-corrected chi connectivity index (χ1v) is 4.66. The second-order valence-electron chi connectivity index (χ2n) is 3.01. The van der Waals surface area contributed by atoms with Crippen molar-refractivity contribution in [1.82, 2.24) is 4.90 Å². The highest BCUT2D eigenvalue weighted by atomic mass is 32.1. The van der Waals surface area contributed by atoms with Gasteiger partial charge in [0.05, 0.1) is 0 Å². The molecule has 0 aromatic carbocycles. The molecule has 0 spiro atoms. The number of likely N-dealkylation sites (tertiary alicyclic amines) is 1. The minimum Gasteiger partial charge on any atom is -0.309 e. The lowest BCUT2D eigenvalue weighted by Crippen LogP contribution is -2.71. The van der Waals surface area contributed by atoms with Crippen LogP contribution in [0.25, 0.3) is 0 Å². The van der Waals surface area contributed by atoms with Gasteiger partial charge in [-0.2, -0.15) is 0 Å². The zero-order valence-corrected chi connectivity index (χ0v) is 8.14. The second kappa shape index (κ2) is 3.81. The Kier molecular flexibility index (Phi) is 2.88. The lowest BCUT2D eigenvalue weighted by Gasteiger charge is -2.34. The summed E-state index contributed by atoms with van der Waals surface area (Å²) in [6.45, 7) is -1.15. The highest BCUT2D eigenvalue weighted by Gasteiger charge is 2.67. The Morgan fingerprint density at radius 2 is 1.80 bits per heavy atom. The molecule has 0 radical (unpaired) electrons. The normalized spacial score (nSPS) is 17.7. The summed E-state index contributed by atoms with van der Waals surface area (Å²) >= 11 is 0.0233. The number of nitro groups is 2. The Labute approximate surface area is 86.8 Å². The summed E-state index contributed by atoms with van der Waals surface area (Å²) in [7, 11) is 0. The molecule has 1 rings (SSSR count). The van der Waals surface area contributed by atoms with E-state index >= 15 is 0 Å². The average Bonchev–Trinajstić information content (AvgIpc) is 2.00. The molecule has 1 fully saturated rings. The maximum Gasteiger partial charge on any atom is 0.492 e. The molecule has 10 heteroatoms. The molecule has 82 valence electrons. The van der Waals surface area contributed by atoms with E-state index in [0.29, 0.717) is 0 Å². The summed E-state index contributed by atoms with van der Waals surface area (Å²) in [5.41, 5.74) is -2.29. The van der Waals surface area contributed by atoms with Crippen molar-refractivity contribution in [3.8, 4) is 0 Å². The fraction of sp³-hybridized carbons (Fsp3) is 0.800. The van der Waals surface area contributed by atoms with E-state index in [1.807, 2.05) is 0 Å². The van der Waals surface area contributed by atoms with Crippen molar-refractivity contribution in [2.45, 2.75) is 5.66 Å². The van der Waals surface area contributed by atoms with Gasteiger partial charge in [0.15, 0.2) is 13.1 Å². The zero-order chi connectivity index (χ0) is 11.6. The Morgan fingerprint density at radius 3 is 2.13 bits per heavy atom. The fourth-order valence-corrected chi connectivity index (χ4v) is 1.46. The molecule has 1 amide bonds. The van der Waals surface area contributed by atoms with Gasteiger partial charge in [0.25, 0.3) is 5.91 Å². The molecular weight excluding hydrogens is 230 g/mol. The number of rotatable bonds is 4. The first kappa shape index (κ1) is 11.4. The molecule has 0 atom stereocenters. The summed E-state index contributed by atoms with van der Waals surface area (Å²) in [5, 5.41) is 20.9. The molecule has 0 aromatic rings. The van der Waals surface area contributed by atoms with Crippen molar-refractivity contribution in [1.29, 1.82) is 0 Å². The van der Waals surface area contributed by atoms with Crippen molar-refractivity contribution >= 4 is 17.6 Å². The highest BCUT2D eigenvalue weighted by molar-refractivity contribution is 7.66. The summed E-state index contributed by atoms with van der Waals surface area (Å²) in [6.07, 6.45) is 0. The molecule has 1 saturated heterocycles. The molecular formula is C5H6N3O6S+. The minimum atomic E-state index is -2.29. The molecule has 1 heterocycles.